The van der Waals surface area contributed by atoms with Crippen LogP contribution in [0.25, 0.3) is 0 Å². The van der Waals surface area contributed by atoms with E-state index in [1.165, 1.54) is 16.9 Å². The number of ether oxygens (including phenoxy) is 1. The maximum atomic E-state index is 12.9. The van der Waals surface area contributed by atoms with E-state index in [1.54, 1.807) is 35.5 Å². The van der Waals surface area contributed by atoms with Gasteiger partial charge < -0.3 is 15.0 Å². The molecule has 144 valence electrons. The summed E-state index contributed by atoms with van der Waals surface area (Å²) in [7, 11) is 1.58. The van der Waals surface area contributed by atoms with Crippen LogP contribution in [0.4, 0.5) is 5.69 Å². The van der Waals surface area contributed by atoms with Gasteiger partial charge in [-0.15, -0.1) is 11.3 Å². The number of thiophene rings is 1. The fourth-order valence-electron chi connectivity index (χ4n) is 3.37. The van der Waals surface area contributed by atoms with Crippen LogP contribution in [0.15, 0.2) is 30.3 Å². The number of nitrogens with one attached hydrogen (secondary N) is 1. The van der Waals surface area contributed by atoms with Crippen LogP contribution in [0.5, 0.6) is 5.75 Å². The SMILES string of the molecule is CCN(CC(=O)Nc1cccc(OC)c1)C(=O)c1cc2c(s1)CCC(C)C2. The molecule has 27 heavy (non-hydrogen) atoms. The quantitative estimate of drug-likeness (QED) is 0.817. The average Bonchev–Trinajstić information content (AvgIpc) is 3.08. The molecular weight excluding hydrogens is 360 g/mol. The summed E-state index contributed by atoms with van der Waals surface area (Å²) in [5, 5.41) is 2.83. The lowest BCUT2D eigenvalue weighted by Crippen LogP contribution is -2.37. The summed E-state index contributed by atoms with van der Waals surface area (Å²) in [5.41, 5.74) is 1.96. The molecule has 1 aromatic heterocycles. The molecule has 0 fully saturated rings. The normalized spacial score (nSPS) is 15.7. The molecule has 6 heteroatoms. The van der Waals surface area contributed by atoms with Crippen molar-refractivity contribution >= 4 is 28.8 Å². The van der Waals surface area contributed by atoms with E-state index in [0.29, 0.717) is 23.9 Å². The number of likely N-dealkylation sites (N-methyl/N-ethyl adjacent to an activating group) is 1. The van der Waals surface area contributed by atoms with Gasteiger partial charge in [0.25, 0.3) is 5.91 Å². The van der Waals surface area contributed by atoms with Gasteiger partial charge in [0.15, 0.2) is 0 Å². The lowest BCUT2D eigenvalue weighted by Gasteiger charge is -2.19. The van der Waals surface area contributed by atoms with Crippen LogP contribution in [0, 0.1) is 5.92 Å². The molecule has 1 aliphatic rings. The summed E-state index contributed by atoms with van der Waals surface area (Å²) < 4.78 is 5.17. The van der Waals surface area contributed by atoms with Crippen LogP contribution in [-0.4, -0.2) is 36.9 Å². The number of nitrogens with zero attached hydrogens (tertiary/aromatic N) is 1. The highest BCUT2D eigenvalue weighted by Gasteiger charge is 2.24. The molecule has 0 spiro atoms. The number of methoxy groups -OCH3 is 1. The van der Waals surface area contributed by atoms with E-state index in [1.807, 2.05) is 25.1 Å². The predicted octanol–water partition coefficient (Wildman–Crippen LogP) is 3.98. The second-order valence-corrected chi connectivity index (χ2v) is 8.14. The lowest BCUT2D eigenvalue weighted by atomic mass is 9.90. The van der Waals surface area contributed by atoms with Crippen LogP contribution in [0.2, 0.25) is 0 Å². The van der Waals surface area contributed by atoms with Crippen LogP contribution in [-0.2, 0) is 17.6 Å². The maximum Gasteiger partial charge on any atom is 0.264 e. The van der Waals surface area contributed by atoms with Gasteiger partial charge in [0.05, 0.1) is 12.0 Å². The third-order valence-electron chi connectivity index (χ3n) is 4.90. The number of rotatable bonds is 6. The number of hydrogen-bond acceptors (Lipinski definition) is 4. The molecule has 0 bridgehead atoms. The largest absolute Gasteiger partial charge is 0.497 e. The first-order chi connectivity index (χ1) is 13.0. The first kappa shape index (κ1) is 19.4. The summed E-state index contributed by atoms with van der Waals surface area (Å²) >= 11 is 1.59. The summed E-state index contributed by atoms with van der Waals surface area (Å²) in [6.45, 7) is 4.67. The molecule has 1 aliphatic carbocycles. The summed E-state index contributed by atoms with van der Waals surface area (Å²) in [6, 6.07) is 9.21. The minimum absolute atomic E-state index is 0.0332. The molecule has 1 unspecified atom stereocenters. The van der Waals surface area contributed by atoms with Gasteiger partial charge in [-0.25, -0.2) is 0 Å². The van der Waals surface area contributed by atoms with Crippen molar-refractivity contribution in [2.75, 3.05) is 25.5 Å². The number of hydrogen-bond donors (Lipinski definition) is 1. The first-order valence-corrected chi connectivity index (χ1v) is 10.2. The highest BCUT2D eigenvalue weighted by molar-refractivity contribution is 7.14. The van der Waals surface area contributed by atoms with Crippen LogP contribution in [0.1, 0.15) is 40.4 Å². The Bertz CT molecular complexity index is 831. The molecule has 1 N–H and O–H groups in total. The maximum absolute atomic E-state index is 12.9. The third kappa shape index (κ3) is 4.69. The minimum atomic E-state index is -0.214. The zero-order valence-corrected chi connectivity index (χ0v) is 16.9. The smallest absolute Gasteiger partial charge is 0.264 e. The van der Waals surface area contributed by atoms with Gasteiger partial charge in [-0.05, 0) is 55.9 Å². The molecule has 2 amide bonds. The van der Waals surface area contributed by atoms with Crippen molar-refractivity contribution in [3.63, 3.8) is 0 Å². The fraction of sp³-hybridized carbons (Fsp3) is 0.429. The number of carbonyl (C=O) groups excluding carboxylic acids is 2. The Balaban J connectivity index is 1.65. The molecule has 1 aromatic carbocycles. The molecule has 0 saturated carbocycles. The van der Waals surface area contributed by atoms with Crippen LogP contribution >= 0.6 is 11.3 Å². The fourth-order valence-corrected chi connectivity index (χ4v) is 4.55. The van der Waals surface area contributed by atoms with E-state index in [-0.39, 0.29) is 18.4 Å². The number of fused-ring (bicyclic) bond motifs is 1. The standard InChI is InChI=1S/C21H26N2O3S/c1-4-23(13-20(24)22-16-6-5-7-17(12-16)26-3)21(25)19-11-15-10-14(2)8-9-18(15)27-19/h5-7,11-12,14H,4,8-10,13H2,1-3H3,(H,22,24). The molecule has 1 atom stereocenters. The van der Waals surface area contributed by atoms with Crippen molar-refractivity contribution in [1.29, 1.82) is 0 Å². The van der Waals surface area contributed by atoms with Gasteiger partial charge in [0.1, 0.15) is 12.3 Å². The van der Waals surface area contributed by atoms with E-state index in [2.05, 4.69) is 12.2 Å². The van der Waals surface area contributed by atoms with Crippen molar-refractivity contribution in [2.24, 2.45) is 5.92 Å². The number of benzene rings is 1. The van der Waals surface area contributed by atoms with Gasteiger partial charge in [-0.2, -0.15) is 0 Å². The summed E-state index contributed by atoms with van der Waals surface area (Å²) in [4.78, 5) is 29.0. The molecule has 1 heterocycles. The molecule has 5 nitrogen and oxygen atoms in total. The zero-order valence-electron chi connectivity index (χ0n) is 16.1. The molecule has 3 rings (SSSR count). The van der Waals surface area contributed by atoms with Gasteiger partial charge >= 0.3 is 0 Å². The highest BCUT2D eigenvalue weighted by atomic mass is 32.1. The van der Waals surface area contributed by atoms with Crippen molar-refractivity contribution in [3.05, 3.63) is 45.6 Å². The van der Waals surface area contributed by atoms with Crippen molar-refractivity contribution in [1.82, 2.24) is 4.90 Å². The van der Waals surface area contributed by atoms with E-state index in [9.17, 15) is 9.59 Å². The molecule has 0 aliphatic heterocycles. The zero-order chi connectivity index (χ0) is 19.4. The molecule has 2 aromatic rings. The Hall–Kier alpha value is -2.34. The average molecular weight is 387 g/mol. The Labute approximate surface area is 164 Å². The summed E-state index contributed by atoms with van der Waals surface area (Å²) in [5.74, 6) is 1.07. The van der Waals surface area contributed by atoms with E-state index in [0.717, 1.165) is 17.7 Å². The summed E-state index contributed by atoms with van der Waals surface area (Å²) in [6.07, 6.45) is 3.28. The molecular formula is C21H26N2O3S. The second-order valence-electron chi connectivity index (χ2n) is 7.01. The van der Waals surface area contributed by atoms with E-state index >= 15 is 0 Å². The van der Waals surface area contributed by atoms with E-state index < -0.39 is 0 Å². The number of aryl methyl sites for hydroxylation is 1. The van der Waals surface area contributed by atoms with Crippen LogP contribution < -0.4 is 10.1 Å². The predicted molar refractivity (Wildman–Crippen MR) is 109 cm³/mol. The van der Waals surface area contributed by atoms with Gasteiger partial charge in [-0.3, -0.25) is 9.59 Å². The number of carbonyl (C=O) groups is 2. The second kappa shape index (κ2) is 8.57. The minimum Gasteiger partial charge on any atom is -0.497 e. The van der Waals surface area contributed by atoms with Gasteiger partial charge in [0, 0.05) is 23.2 Å². The first-order valence-electron chi connectivity index (χ1n) is 9.35. The third-order valence-corrected chi connectivity index (χ3v) is 6.12. The lowest BCUT2D eigenvalue weighted by molar-refractivity contribution is -0.116. The Morgan fingerprint density at radius 1 is 1.33 bits per heavy atom. The number of anilines is 1. The molecule has 0 radical (unpaired) electrons. The Morgan fingerprint density at radius 2 is 2.15 bits per heavy atom. The highest BCUT2D eigenvalue weighted by Crippen LogP contribution is 2.32. The number of amides is 2. The van der Waals surface area contributed by atoms with Crippen molar-refractivity contribution in [2.45, 2.75) is 33.1 Å². The Kier molecular flexibility index (Phi) is 6.16. The topological polar surface area (TPSA) is 58.6 Å². The Morgan fingerprint density at radius 3 is 2.89 bits per heavy atom. The van der Waals surface area contributed by atoms with Crippen molar-refractivity contribution < 1.29 is 14.3 Å². The van der Waals surface area contributed by atoms with Crippen LogP contribution in [0.3, 0.4) is 0 Å². The van der Waals surface area contributed by atoms with E-state index in [4.69, 9.17) is 4.74 Å². The van der Waals surface area contributed by atoms with Crippen molar-refractivity contribution in [3.8, 4) is 5.75 Å². The molecule has 0 saturated heterocycles. The van der Waals surface area contributed by atoms with Gasteiger partial charge in [-0.1, -0.05) is 13.0 Å². The van der Waals surface area contributed by atoms with Gasteiger partial charge in [0.2, 0.25) is 5.91 Å². The monoisotopic (exact) mass is 386 g/mol.